The van der Waals surface area contributed by atoms with Crippen LogP contribution in [-0.4, -0.2) is 23.5 Å². The normalized spacial score (nSPS) is 16.6. The van der Waals surface area contributed by atoms with E-state index in [0.717, 1.165) is 12.8 Å². The molecular formula is C12H14FNOS2. The van der Waals surface area contributed by atoms with Crippen LogP contribution in [0.5, 0.6) is 0 Å². The Bertz CT molecular complexity index is 446. The lowest BCUT2D eigenvalue weighted by Gasteiger charge is -2.13. The largest absolute Gasteiger partial charge is 0.351 e. The van der Waals surface area contributed by atoms with Crippen molar-refractivity contribution in [3.05, 3.63) is 29.6 Å². The van der Waals surface area contributed by atoms with Crippen molar-refractivity contribution in [3.8, 4) is 0 Å². The highest BCUT2D eigenvalue weighted by Crippen LogP contribution is 2.46. The van der Waals surface area contributed by atoms with Gasteiger partial charge in [0.15, 0.2) is 0 Å². The van der Waals surface area contributed by atoms with Crippen molar-refractivity contribution in [2.75, 3.05) is 12.8 Å². The van der Waals surface area contributed by atoms with Gasteiger partial charge in [-0.15, -0.1) is 12.6 Å². The molecule has 0 atom stereocenters. The standard InChI is InChI=1S/C12H14FNOS2/c1-17-12(4-5-12)7-14-11(15)8-2-3-9(13)10(16)6-8/h2-3,6,16H,4-5,7H2,1H3,(H,14,15). The smallest absolute Gasteiger partial charge is 0.251 e. The fourth-order valence-electron chi connectivity index (χ4n) is 1.59. The first kappa shape index (κ1) is 12.8. The first-order valence-electron chi connectivity index (χ1n) is 5.38. The van der Waals surface area contributed by atoms with Crippen molar-refractivity contribution in [3.63, 3.8) is 0 Å². The predicted molar refractivity (Wildman–Crippen MR) is 71.5 cm³/mol. The van der Waals surface area contributed by atoms with Crippen LogP contribution in [0.1, 0.15) is 23.2 Å². The van der Waals surface area contributed by atoms with E-state index in [2.05, 4.69) is 24.2 Å². The molecule has 17 heavy (non-hydrogen) atoms. The van der Waals surface area contributed by atoms with Crippen molar-refractivity contribution in [1.29, 1.82) is 0 Å². The van der Waals surface area contributed by atoms with Crippen LogP contribution in [0, 0.1) is 5.82 Å². The molecule has 1 aliphatic rings. The second kappa shape index (κ2) is 4.90. The first-order chi connectivity index (χ1) is 8.06. The summed E-state index contributed by atoms with van der Waals surface area (Å²) in [4.78, 5) is 12.0. The topological polar surface area (TPSA) is 29.1 Å². The zero-order valence-corrected chi connectivity index (χ0v) is 11.2. The van der Waals surface area contributed by atoms with E-state index in [1.807, 2.05) is 0 Å². The summed E-state index contributed by atoms with van der Waals surface area (Å²) in [6.45, 7) is 0.673. The zero-order valence-electron chi connectivity index (χ0n) is 9.50. The Balaban J connectivity index is 1.97. The van der Waals surface area contributed by atoms with Crippen molar-refractivity contribution >= 4 is 30.3 Å². The van der Waals surface area contributed by atoms with E-state index in [-0.39, 0.29) is 15.5 Å². The lowest BCUT2D eigenvalue weighted by Crippen LogP contribution is -2.31. The maximum atomic E-state index is 13.0. The number of rotatable bonds is 4. The minimum Gasteiger partial charge on any atom is -0.351 e. The third-order valence-electron chi connectivity index (χ3n) is 3.02. The molecule has 1 aromatic carbocycles. The Morgan fingerprint density at radius 1 is 1.59 bits per heavy atom. The molecule has 1 fully saturated rings. The quantitative estimate of drug-likeness (QED) is 0.825. The van der Waals surface area contributed by atoms with Gasteiger partial charge in [0.2, 0.25) is 0 Å². The molecule has 2 rings (SSSR count). The Hall–Kier alpha value is -0.680. The zero-order chi connectivity index (χ0) is 12.5. The van der Waals surface area contributed by atoms with E-state index in [9.17, 15) is 9.18 Å². The van der Waals surface area contributed by atoms with Crippen LogP contribution in [0.25, 0.3) is 0 Å². The first-order valence-corrected chi connectivity index (χ1v) is 7.05. The number of thiol groups is 1. The predicted octanol–water partition coefficient (Wildman–Crippen LogP) is 2.74. The van der Waals surface area contributed by atoms with Crippen molar-refractivity contribution in [2.45, 2.75) is 22.5 Å². The third-order valence-corrected chi connectivity index (χ3v) is 4.78. The van der Waals surface area contributed by atoms with Gasteiger partial charge in [-0.05, 0) is 37.3 Å². The minimum atomic E-state index is -0.410. The lowest BCUT2D eigenvalue weighted by atomic mass is 10.2. The van der Waals surface area contributed by atoms with Gasteiger partial charge in [-0.3, -0.25) is 4.79 Å². The van der Waals surface area contributed by atoms with Crippen molar-refractivity contribution < 1.29 is 9.18 Å². The van der Waals surface area contributed by atoms with Crippen LogP contribution in [-0.2, 0) is 0 Å². The molecule has 0 aliphatic heterocycles. The Morgan fingerprint density at radius 3 is 2.82 bits per heavy atom. The second-order valence-corrected chi connectivity index (χ2v) is 5.99. The highest BCUT2D eigenvalue weighted by Gasteiger charge is 2.41. The van der Waals surface area contributed by atoms with Gasteiger partial charge < -0.3 is 5.32 Å². The summed E-state index contributed by atoms with van der Waals surface area (Å²) in [5, 5.41) is 2.88. The summed E-state index contributed by atoms with van der Waals surface area (Å²) in [5.41, 5.74) is 0.452. The van der Waals surface area contributed by atoms with E-state index < -0.39 is 5.82 Å². The van der Waals surface area contributed by atoms with Crippen LogP contribution in [0.4, 0.5) is 4.39 Å². The van der Waals surface area contributed by atoms with E-state index in [4.69, 9.17) is 0 Å². The molecule has 0 unspecified atom stereocenters. The molecule has 1 N–H and O–H groups in total. The molecule has 0 spiro atoms. The van der Waals surface area contributed by atoms with Gasteiger partial charge in [-0.1, -0.05) is 0 Å². The average molecular weight is 271 g/mol. The van der Waals surface area contributed by atoms with Gasteiger partial charge in [0.25, 0.3) is 5.91 Å². The van der Waals surface area contributed by atoms with Gasteiger partial charge in [-0.2, -0.15) is 11.8 Å². The monoisotopic (exact) mass is 271 g/mol. The molecule has 5 heteroatoms. The SMILES string of the molecule is CSC1(CNC(=O)c2ccc(F)c(S)c2)CC1. The van der Waals surface area contributed by atoms with Gasteiger partial charge in [-0.25, -0.2) is 4.39 Å². The molecule has 0 aromatic heterocycles. The summed E-state index contributed by atoms with van der Waals surface area (Å²) in [6.07, 6.45) is 4.36. The fourth-order valence-corrected chi connectivity index (χ4v) is 2.53. The molecule has 0 heterocycles. The van der Waals surface area contributed by atoms with E-state index in [0.29, 0.717) is 12.1 Å². The van der Waals surface area contributed by atoms with Crippen molar-refractivity contribution in [2.24, 2.45) is 0 Å². The molecule has 1 saturated carbocycles. The molecule has 0 saturated heterocycles. The summed E-state index contributed by atoms with van der Waals surface area (Å²) in [7, 11) is 0. The lowest BCUT2D eigenvalue weighted by molar-refractivity contribution is 0.0952. The van der Waals surface area contributed by atoms with Crippen LogP contribution >= 0.6 is 24.4 Å². The summed E-state index contributed by atoms with van der Waals surface area (Å²) < 4.78 is 13.2. The van der Waals surface area contributed by atoms with Crippen LogP contribution in [0.15, 0.2) is 23.1 Å². The number of hydrogen-bond donors (Lipinski definition) is 2. The van der Waals surface area contributed by atoms with Crippen LogP contribution < -0.4 is 5.32 Å². The number of nitrogens with one attached hydrogen (secondary N) is 1. The van der Waals surface area contributed by atoms with E-state index >= 15 is 0 Å². The fraction of sp³-hybridized carbons (Fsp3) is 0.417. The Morgan fingerprint density at radius 2 is 2.29 bits per heavy atom. The maximum Gasteiger partial charge on any atom is 0.251 e. The number of carbonyl (C=O) groups is 1. The van der Waals surface area contributed by atoms with Crippen molar-refractivity contribution in [1.82, 2.24) is 5.32 Å². The number of hydrogen-bond acceptors (Lipinski definition) is 3. The second-order valence-electron chi connectivity index (χ2n) is 4.24. The average Bonchev–Trinajstić information content (AvgIpc) is 3.10. The number of carbonyl (C=O) groups excluding carboxylic acids is 1. The Labute approximate surface area is 110 Å². The molecule has 92 valence electrons. The molecule has 2 nitrogen and oxygen atoms in total. The molecule has 0 bridgehead atoms. The van der Waals surface area contributed by atoms with E-state index in [1.54, 1.807) is 11.8 Å². The molecule has 0 radical (unpaired) electrons. The molecule has 1 aromatic rings. The summed E-state index contributed by atoms with van der Waals surface area (Å²) in [6, 6.07) is 4.19. The van der Waals surface area contributed by atoms with Gasteiger partial charge in [0, 0.05) is 21.8 Å². The van der Waals surface area contributed by atoms with E-state index in [1.165, 1.54) is 18.2 Å². The number of amides is 1. The maximum absolute atomic E-state index is 13.0. The van der Waals surface area contributed by atoms with Gasteiger partial charge in [0.1, 0.15) is 5.82 Å². The third kappa shape index (κ3) is 2.96. The van der Waals surface area contributed by atoms with Gasteiger partial charge in [0.05, 0.1) is 0 Å². The number of benzene rings is 1. The summed E-state index contributed by atoms with van der Waals surface area (Å²) >= 11 is 5.75. The molecule has 1 aliphatic carbocycles. The molecule has 1 amide bonds. The molecular weight excluding hydrogens is 257 g/mol. The minimum absolute atomic E-state index is 0.166. The number of thioether (sulfide) groups is 1. The van der Waals surface area contributed by atoms with Crippen LogP contribution in [0.3, 0.4) is 0 Å². The highest BCUT2D eigenvalue weighted by atomic mass is 32.2. The number of halogens is 1. The highest BCUT2D eigenvalue weighted by molar-refractivity contribution is 8.00. The Kier molecular flexibility index (Phi) is 3.68. The van der Waals surface area contributed by atoms with Gasteiger partial charge >= 0.3 is 0 Å². The van der Waals surface area contributed by atoms with Crippen LogP contribution in [0.2, 0.25) is 0 Å². The summed E-state index contributed by atoms with van der Waals surface area (Å²) in [5.74, 6) is -0.576.